The van der Waals surface area contributed by atoms with Gasteiger partial charge in [0, 0.05) is 13.0 Å². The number of fused-ring (bicyclic) bond motifs is 1. The predicted molar refractivity (Wildman–Crippen MR) is 118 cm³/mol. The number of ether oxygens (including phenoxy) is 2. The summed E-state index contributed by atoms with van der Waals surface area (Å²) in [7, 11) is 3.85. The fourth-order valence-corrected chi connectivity index (χ4v) is 4.19. The standard InChI is InChI=1S/C18H28O3S.C4H11NO/c1-3-4-5-6-7-8-11-22(19)15(2)12-16-9-10-17-18(13-16)21-14-20-17;1-5(2)3-4-6/h9-10,13,15H,3-8,11-12,14H2,1-2H3;6H,3-4H2,1-2H3. The summed E-state index contributed by atoms with van der Waals surface area (Å²) in [4.78, 5) is 1.93. The Hall–Kier alpha value is -0.950. The Morgan fingerprint density at radius 1 is 1.11 bits per heavy atom. The van der Waals surface area contributed by atoms with E-state index in [0.717, 1.165) is 36.6 Å². The Morgan fingerprint density at radius 2 is 1.79 bits per heavy atom. The molecule has 1 N–H and O–H groups in total. The summed E-state index contributed by atoms with van der Waals surface area (Å²) in [5.41, 5.74) is 1.17. The number of unbranched alkanes of at least 4 members (excludes halogenated alkanes) is 5. The minimum Gasteiger partial charge on any atom is -0.616 e. The van der Waals surface area contributed by atoms with E-state index in [0.29, 0.717) is 6.79 Å². The molecule has 6 heteroatoms. The van der Waals surface area contributed by atoms with Gasteiger partial charge in [0.25, 0.3) is 0 Å². The van der Waals surface area contributed by atoms with Gasteiger partial charge in [0.1, 0.15) is 11.0 Å². The van der Waals surface area contributed by atoms with Crippen LogP contribution in [0.25, 0.3) is 0 Å². The third-order valence-electron chi connectivity index (χ3n) is 4.66. The molecule has 0 amide bonds. The third-order valence-corrected chi connectivity index (χ3v) is 6.41. The molecule has 2 atom stereocenters. The Morgan fingerprint density at radius 3 is 2.43 bits per heavy atom. The van der Waals surface area contributed by atoms with Crippen LogP contribution in [0.5, 0.6) is 11.5 Å². The molecule has 2 rings (SSSR count). The van der Waals surface area contributed by atoms with Gasteiger partial charge in [0.2, 0.25) is 6.79 Å². The van der Waals surface area contributed by atoms with E-state index in [2.05, 4.69) is 13.8 Å². The molecule has 1 aliphatic rings. The van der Waals surface area contributed by atoms with Gasteiger partial charge in [-0.25, -0.2) is 0 Å². The highest BCUT2D eigenvalue weighted by Crippen LogP contribution is 2.33. The van der Waals surface area contributed by atoms with Crippen LogP contribution in [0, 0.1) is 0 Å². The van der Waals surface area contributed by atoms with E-state index >= 15 is 0 Å². The second-order valence-electron chi connectivity index (χ2n) is 7.58. The highest BCUT2D eigenvalue weighted by atomic mass is 32.2. The Labute approximate surface area is 174 Å². The zero-order chi connectivity index (χ0) is 20.8. The fraction of sp³-hybridized carbons (Fsp3) is 0.727. The van der Waals surface area contributed by atoms with Crippen LogP contribution < -0.4 is 9.47 Å². The first kappa shape index (κ1) is 25.1. The lowest BCUT2D eigenvalue weighted by molar-refractivity contribution is 0.174. The Kier molecular flexibility index (Phi) is 13.4. The largest absolute Gasteiger partial charge is 0.616 e. The van der Waals surface area contributed by atoms with Crippen molar-refractivity contribution in [2.24, 2.45) is 0 Å². The summed E-state index contributed by atoms with van der Waals surface area (Å²) >= 11 is -0.743. The van der Waals surface area contributed by atoms with Crippen molar-refractivity contribution in [1.29, 1.82) is 0 Å². The van der Waals surface area contributed by atoms with Gasteiger partial charge < -0.3 is 24.0 Å². The molecule has 0 fully saturated rings. The molecule has 1 aromatic carbocycles. The van der Waals surface area contributed by atoms with Crippen LogP contribution in [0.3, 0.4) is 0 Å². The molecule has 0 bridgehead atoms. The molecule has 1 aliphatic heterocycles. The molecule has 1 aromatic rings. The first-order valence-electron chi connectivity index (χ1n) is 10.5. The van der Waals surface area contributed by atoms with E-state index in [1.807, 2.05) is 37.2 Å². The van der Waals surface area contributed by atoms with Gasteiger partial charge in [-0.1, -0.05) is 49.8 Å². The maximum Gasteiger partial charge on any atom is 0.231 e. The minimum atomic E-state index is -0.743. The van der Waals surface area contributed by atoms with Gasteiger partial charge in [-0.15, -0.1) is 0 Å². The van der Waals surface area contributed by atoms with Crippen LogP contribution >= 0.6 is 0 Å². The SMILES string of the molecule is CCCCCCCC[S+]([O-])C(C)Cc1ccc2c(c1)OCO2.CN(C)CCO. The van der Waals surface area contributed by atoms with E-state index in [4.69, 9.17) is 14.6 Å². The number of aliphatic hydroxyl groups excluding tert-OH is 1. The first-order chi connectivity index (χ1) is 13.5. The molecule has 5 nitrogen and oxygen atoms in total. The fourth-order valence-electron chi connectivity index (χ4n) is 2.92. The number of hydrogen-bond acceptors (Lipinski definition) is 5. The number of aliphatic hydroxyl groups is 1. The highest BCUT2D eigenvalue weighted by molar-refractivity contribution is 7.91. The van der Waals surface area contributed by atoms with Crippen LogP contribution in [0.15, 0.2) is 18.2 Å². The molecule has 0 spiro atoms. The number of benzene rings is 1. The lowest BCUT2D eigenvalue weighted by Crippen LogP contribution is -2.23. The average Bonchev–Trinajstić information content (AvgIpc) is 3.12. The molecule has 28 heavy (non-hydrogen) atoms. The van der Waals surface area contributed by atoms with Crippen molar-refractivity contribution in [3.05, 3.63) is 23.8 Å². The maximum atomic E-state index is 12.3. The molecular weight excluding hydrogens is 374 g/mol. The molecule has 2 unspecified atom stereocenters. The van der Waals surface area contributed by atoms with Crippen LogP contribution in [0.1, 0.15) is 57.9 Å². The van der Waals surface area contributed by atoms with Crippen molar-refractivity contribution in [2.75, 3.05) is 39.8 Å². The quantitative estimate of drug-likeness (QED) is 0.414. The summed E-state index contributed by atoms with van der Waals surface area (Å²) in [6, 6.07) is 6.01. The van der Waals surface area contributed by atoms with E-state index in [-0.39, 0.29) is 11.9 Å². The molecule has 162 valence electrons. The summed E-state index contributed by atoms with van der Waals surface area (Å²) < 4.78 is 23.0. The van der Waals surface area contributed by atoms with Crippen molar-refractivity contribution in [2.45, 2.75) is 64.0 Å². The molecule has 0 saturated carbocycles. The molecular formula is C22H39NO4S. The summed E-state index contributed by atoms with van der Waals surface area (Å²) in [6.07, 6.45) is 8.32. The van der Waals surface area contributed by atoms with Crippen molar-refractivity contribution >= 4 is 11.2 Å². The summed E-state index contributed by atoms with van der Waals surface area (Å²) in [5.74, 6) is 2.45. The van der Waals surface area contributed by atoms with Gasteiger partial charge >= 0.3 is 0 Å². The predicted octanol–water partition coefficient (Wildman–Crippen LogP) is 4.00. The van der Waals surface area contributed by atoms with Gasteiger partial charge in [0.05, 0.1) is 6.61 Å². The lowest BCUT2D eigenvalue weighted by atomic mass is 10.1. The molecule has 0 aromatic heterocycles. The molecule has 0 saturated heterocycles. The summed E-state index contributed by atoms with van der Waals surface area (Å²) in [6.45, 7) is 5.63. The van der Waals surface area contributed by atoms with E-state index < -0.39 is 11.2 Å². The van der Waals surface area contributed by atoms with Gasteiger partial charge in [-0.3, -0.25) is 0 Å². The number of likely N-dealkylation sites (N-methyl/N-ethyl adjacent to an activating group) is 1. The van der Waals surface area contributed by atoms with Crippen LogP contribution in [-0.4, -0.2) is 59.6 Å². The third kappa shape index (κ3) is 10.6. The molecule has 1 heterocycles. The van der Waals surface area contributed by atoms with Crippen LogP contribution in [-0.2, 0) is 17.6 Å². The minimum absolute atomic E-state index is 0.191. The summed E-state index contributed by atoms with van der Waals surface area (Å²) in [5, 5.41) is 8.39. The second kappa shape index (κ2) is 15.0. The van der Waals surface area contributed by atoms with Gasteiger partial charge in [0.15, 0.2) is 11.5 Å². The Balaban J connectivity index is 0.000000568. The van der Waals surface area contributed by atoms with Gasteiger partial charge in [-0.2, -0.15) is 0 Å². The van der Waals surface area contributed by atoms with Crippen molar-refractivity contribution < 1.29 is 19.1 Å². The number of nitrogens with zero attached hydrogens (tertiary/aromatic N) is 1. The molecule has 0 aliphatic carbocycles. The normalized spacial score (nSPS) is 14.5. The first-order valence-corrected chi connectivity index (χ1v) is 11.9. The van der Waals surface area contributed by atoms with E-state index in [1.54, 1.807) is 0 Å². The Bertz CT molecular complexity index is 527. The molecule has 0 radical (unpaired) electrons. The van der Waals surface area contributed by atoms with Crippen LogP contribution in [0.2, 0.25) is 0 Å². The number of rotatable bonds is 12. The highest BCUT2D eigenvalue weighted by Gasteiger charge is 2.19. The van der Waals surface area contributed by atoms with Crippen molar-refractivity contribution in [1.82, 2.24) is 4.90 Å². The van der Waals surface area contributed by atoms with Gasteiger partial charge in [-0.05, 0) is 51.6 Å². The van der Waals surface area contributed by atoms with Crippen molar-refractivity contribution in [3.63, 3.8) is 0 Å². The number of hydrogen-bond donors (Lipinski definition) is 1. The van der Waals surface area contributed by atoms with Crippen molar-refractivity contribution in [3.8, 4) is 11.5 Å². The zero-order valence-corrected chi connectivity index (χ0v) is 18.9. The maximum absolute atomic E-state index is 12.3. The lowest BCUT2D eigenvalue weighted by Gasteiger charge is -2.18. The van der Waals surface area contributed by atoms with E-state index in [9.17, 15) is 4.55 Å². The van der Waals surface area contributed by atoms with Crippen LogP contribution in [0.4, 0.5) is 0 Å². The second-order valence-corrected chi connectivity index (χ2v) is 9.56. The topological polar surface area (TPSA) is 65.0 Å². The average molecular weight is 414 g/mol. The zero-order valence-electron chi connectivity index (χ0n) is 18.1. The smallest absolute Gasteiger partial charge is 0.231 e. The van der Waals surface area contributed by atoms with E-state index in [1.165, 1.54) is 37.7 Å². The monoisotopic (exact) mass is 413 g/mol.